The summed E-state index contributed by atoms with van der Waals surface area (Å²) in [4.78, 5) is 14.2. The molecule has 130 valence electrons. The molecular formula is C20H27NO3. The lowest BCUT2D eigenvalue weighted by Crippen LogP contribution is -2.49. The van der Waals surface area contributed by atoms with Gasteiger partial charge in [-0.1, -0.05) is 44.7 Å². The number of benzene rings is 1. The number of nitrogens with zero attached hydrogens (tertiary/aromatic N) is 1. The predicted molar refractivity (Wildman–Crippen MR) is 93.5 cm³/mol. The summed E-state index contributed by atoms with van der Waals surface area (Å²) in [6.45, 7) is 10.8. The van der Waals surface area contributed by atoms with Gasteiger partial charge in [0.05, 0.1) is 13.2 Å². The molecule has 1 amide bonds. The summed E-state index contributed by atoms with van der Waals surface area (Å²) in [6.07, 6.45) is 3.16. The summed E-state index contributed by atoms with van der Waals surface area (Å²) >= 11 is 0. The van der Waals surface area contributed by atoms with Gasteiger partial charge in [-0.2, -0.15) is 0 Å². The molecule has 0 unspecified atom stereocenters. The third kappa shape index (κ3) is 3.55. The molecule has 0 N–H and O–H groups in total. The van der Waals surface area contributed by atoms with Gasteiger partial charge in [0.15, 0.2) is 5.79 Å². The highest BCUT2D eigenvalue weighted by Crippen LogP contribution is 2.44. The first kappa shape index (κ1) is 17.2. The molecule has 4 heteroatoms. The van der Waals surface area contributed by atoms with Crippen molar-refractivity contribution >= 4 is 5.91 Å². The molecule has 1 spiro atoms. The van der Waals surface area contributed by atoms with E-state index >= 15 is 0 Å². The number of amides is 1. The number of carbonyl (C=O) groups excluding carboxylic acids is 1. The van der Waals surface area contributed by atoms with Crippen molar-refractivity contribution in [1.82, 2.24) is 4.90 Å². The number of carbonyl (C=O) groups is 1. The van der Waals surface area contributed by atoms with Gasteiger partial charge in [-0.25, -0.2) is 0 Å². The second-order valence-corrected chi connectivity index (χ2v) is 7.16. The molecule has 0 bridgehead atoms. The third-order valence-electron chi connectivity index (χ3n) is 5.02. The maximum absolute atomic E-state index is 12.3. The first-order valence-corrected chi connectivity index (χ1v) is 8.80. The Hall–Kier alpha value is -1.65. The van der Waals surface area contributed by atoms with Crippen molar-refractivity contribution in [2.24, 2.45) is 5.92 Å². The summed E-state index contributed by atoms with van der Waals surface area (Å²) < 4.78 is 11.4. The fourth-order valence-electron chi connectivity index (χ4n) is 3.80. The zero-order valence-electron chi connectivity index (χ0n) is 14.7. The molecule has 2 aliphatic rings. The largest absolute Gasteiger partial charge is 0.348 e. The molecule has 0 atom stereocenters. The molecule has 24 heavy (non-hydrogen) atoms. The van der Waals surface area contributed by atoms with Crippen molar-refractivity contribution in [3.8, 4) is 0 Å². The van der Waals surface area contributed by atoms with Crippen LogP contribution in [0.3, 0.4) is 0 Å². The van der Waals surface area contributed by atoms with Gasteiger partial charge >= 0.3 is 0 Å². The van der Waals surface area contributed by atoms with Crippen LogP contribution in [-0.4, -0.2) is 36.4 Å². The normalized spacial score (nSPS) is 19.5. The van der Waals surface area contributed by atoms with E-state index < -0.39 is 0 Å². The highest BCUT2D eigenvalue weighted by Gasteiger charge is 2.49. The summed E-state index contributed by atoms with van der Waals surface area (Å²) in [5.74, 6) is 0.499. The molecule has 3 rings (SSSR count). The minimum absolute atomic E-state index is 0.0113. The molecule has 0 radical (unpaired) electrons. The van der Waals surface area contributed by atoms with Crippen molar-refractivity contribution < 1.29 is 14.3 Å². The Labute approximate surface area is 144 Å². The molecule has 4 nitrogen and oxygen atoms in total. The van der Waals surface area contributed by atoms with E-state index in [-0.39, 0.29) is 11.7 Å². The SMILES string of the molecule is C=CC(=O)N(Cc1ccccc1C(C)C)CC1CC2(C1)OCCO2. The number of rotatable bonds is 6. The lowest BCUT2D eigenvalue weighted by molar-refractivity contribution is -0.232. The quantitative estimate of drug-likeness (QED) is 0.750. The van der Waals surface area contributed by atoms with Gasteiger partial charge in [-0.15, -0.1) is 0 Å². The van der Waals surface area contributed by atoms with Crippen molar-refractivity contribution in [2.75, 3.05) is 19.8 Å². The molecule has 1 aromatic rings. The monoisotopic (exact) mass is 329 g/mol. The first-order valence-electron chi connectivity index (χ1n) is 8.80. The minimum atomic E-state index is -0.358. The summed E-state index contributed by atoms with van der Waals surface area (Å²) in [7, 11) is 0. The number of hydrogen-bond donors (Lipinski definition) is 0. The van der Waals surface area contributed by atoms with Crippen LogP contribution < -0.4 is 0 Å². The lowest BCUT2D eigenvalue weighted by atomic mass is 9.78. The van der Waals surface area contributed by atoms with Crippen molar-refractivity contribution in [3.63, 3.8) is 0 Å². The molecule has 2 fully saturated rings. The van der Waals surface area contributed by atoms with Crippen LogP contribution in [0.2, 0.25) is 0 Å². The summed E-state index contributed by atoms with van der Waals surface area (Å²) in [6, 6.07) is 8.36. The van der Waals surface area contributed by atoms with Crippen LogP contribution in [0, 0.1) is 5.92 Å². The van der Waals surface area contributed by atoms with Gasteiger partial charge in [0, 0.05) is 25.9 Å². The van der Waals surface area contributed by atoms with E-state index in [2.05, 4.69) is 38.6 Å². The van der Waals surface area contributed by atoms with E-state index in [4.69, 9.17) is 9.47 Å². The van der Waals surface area contributed by atoms with Crippen molar-refractivity contribution in [3.05, 3.63) is 48.0 Å². The van der Waals surface area contributed by atoms with E-state index in [0.29, 0.717) is 31.6 Å². The highest BCUT2D eigenvalue weighted by molar-refractivity contribution is 5.87. The van der Waals surface area contributed by atoms with Crippen LogP contribution >= 0.6 is 0 Å². The first-order chi connectivity index (χ1) is 11.5. The zero-order chi connectivity index (χ0) is 17.2. The number of ether oxygens (including phenoxy) is 2. The highest BCUT2D eigenvalue weighted by atomic mass is 16.7. The van der Waals surface area contributed by atoms with Gasteiger partial charge in [0.25, 0.3) is 0 Å². The Bertz CT molecular complexity index is 597. The average Bonchev–Trinajstić information content (AvgIpc) is 3.03. The van der Waals surface area contributed by atoms with Gasteiger partial charge in [-0.3, -0.25) is 4.79 Å². The van der Waals surface area contributed by atoms with Crippen LogP contribution in [0.4, 0.5) is 0 Å². The Kier molecular flexibility index (Phi) is 5.07. The molecule has 0 aromatic heterocycles. The summed E-state index contributed by atoms with van der Waals surface area (Å²) in [5.41, 5.74) is 2.51. The Morgan fingerprint density at radius 3 is 2.62 bits per heavy atom. The average molecular weight is 329 g/mol. The van der Waals surface area contributed by atoms with Crippen LogP contribution in [-0.2, 0) is 20.8 Å². The van der Waals surface area contributed by atoms with Crippen LogP contribution in [0.1, 0.15) is 43.7 Å². The molecular weight excluding hydrogens is 302 g/mol. The molecule has 1 heterocycles. The fraction of sp³-hybridized carbons (Fsp3) is 0.550. The van der Waals surface area contributed by atoms with Gasteiger partial charge < -0.3 is 14.4 Å². The molecule has 1 aliphatic heterocycles. The Morgan fingerprint density at radius 2 is 2.00 bits per heavy atom. The van der Waals surface area contributed by atoms with Crippen LogP contribution in [0.5, 0.6) is 0 Å². The smallest absolute Gasteiger partial charge is 0.246 e. The standard InChI is InChI=1S/C20H27NO3/c1-4-19(22)21(13-16-11-20(12-16)23-9-10-24-20)14-17-7-5-6-8-18(17)15(2)3/h4-8,15-16H,1,9-14H2,2-3H3. The lowest BCUT2D eigenvalue weighted by Gasteiger charge is -2.44. The number of hydrogen-bond acceptors (Lipinski definition) is 3. The van der Waals surface area contributed by atoms with Gasteiger partial charge in [-0.05, 0) is 29.0 Å². The van der Waals surface area contributed by atoms with E-state index in [1.54, 1.807) is 0 Å². The molecule has 1 aromatic carbocycles. The van der Waals surface area contributed by atoms with E-state index in [1.165, 1.54) is 17.2 Å². The van der Waals surface area contributed by atoms with Gasteiger partial charge in [0.1, 0.15) is 0 Å². The molecule has 1 aliphatic carbocycles. The zero-order valence-corrected chi connectivity index (χ0v) is 14.7. The van der Waals surface area contributed by atoms with Crippen LogP contribution in [0.15, 0.2) is 36.9 Å². The van der Waals surface area contributed by atoms with E-state index in [0.717, 1.165) is 19.4 Å². The summed E-state index contributed by atoms with van der Waals surface area (Å²) in [5, 5.41) is 0. The second-order valence-electron chi connectivity index (χ2n) is 7.16. The molecule has 1 saturated heterocycles. The van der Waals surface area contributed by atoms with Crippen molar-refractivity contribution in [2.45, 2.75) is 44.9 Å². The minimum Gasteiger partial charge on any atom is -0.348 e. The predicted octanol–water partition coefficient (Wildman–Crippen LogP) is 3.48. The third-order valence-corrected chi connectivity index (χ3v) is 5.02. The van der Waals surface area contributed by atoms with Crippen LogP contribution in [0.25, 0.3) is 0 Å². The Morgan fingerprint density at radius 1 is 1.33 bits per heavy atom. The maximum Gasteiger partial charge on any atom is 0.246 e. The van der Waals surface area contributed by atoms with Crippen molar-refractivity contribution in [1.29, 1.82) is 0 Å². The maximum atomic E-state index is 12.3. The Balaban J connectivity index is 1.67. The van der Waals surface area contributed by atoms with Gasteiger partial charge in [0.2, 0.25) is 5.91 Å². The second kappa shape index (κ2) is 7.08. The fourth-order valence-corrected chi connectivity index (χ4v) is 3.80. The van der Waals surface area contributed by atoms with E-state index in [9.17, 15) is 4.79 Å². The molecule has 1 saturated carbocycles. The van der Waals surface area contributed by atoms with E-state index in [1.807, 2.05) is 11.0 Å². The topological polar surface area (TPSA) is 38.8 Å².